The summed E-state index contributed by atoms with van der Waals surface area (Å²) in [5.74, 6) is 1.02. The van der Waals surface area contributed by atoms with E-state index in [1.165, 1.54) is 0 Å². The van der Waals surface area contributed by atoms with Crippen LogP contribution in [-0.2, 0) is 0 Å². The molecule has 0 unspecified atom stereocenters. The number of aromatic nitrogens is 1. The van der Waals surface area contributed by atoms with Crippen molar-refractivity contribution >= 4 is 11.8 Å². The minimum atomic E-state index is -0.114. The highest BCUT2D eigenvalue weighted by Crippen LogP contribution is 2.44. The number of nitrogens with zero attached hydrogens (tertiary/aromatic N) is 2. The third kappa shape index (κ3) is 4.13. The molecule has 0 spiro atoms. The average molecular weight is 318 g/mol. The molecule has 6 heteroatoms. The van der Waals surface area contributed by atoms with E-state index in [-0.39, 0.29) is 24.1 Å². The fraction of sp³-hybridized carbons (Fsp3) is 0.647. The van der Waals surface area contributed by atoms with E-state index in [4.69, 9.17) is 0 Å². The Hall–Kier alpha value is -1.82. The average Bonchev–Trinajstić information content (AvgIpc) is 3.34. The van der Waals surface area contributed by atoms with Gasteiger partial charge >= 0.3 is 6.03 Å². The number of urea groups is 1. The molecule has 1 aliphatic heterocycles. The van der Waals surface area contributed by atoms with Crippen molar-refractivity contribution in [1.29, 1.82) is 0 Å². The normalized spacial score (nSPS) is 20.2. The maximum Gasteiger partial charge on any atom is 0.315 e. The number of carbonyl (C=O) groups is 1. The molecule has 1 aromatic heterocycles. The number of carbonyl (C=O) groups excluding carboxylic acids is 1. The number of rotatable bonds is 5. The Labute approximate surface area is 137 Å². The van der Waals surface area contributed by atoms with E-state index in [0.717, 1.165) is 50.3 Å². The van der Waals surface area contributed by atoms with Crippen LogP contribution >= 0.6 is 0 Å². The lowest BCUT2D eigenvalue weighted by atomic mass is 10.1. The quantitative estimate of drug-likeness (QED) is 0.767. The van der Waals surface area contributed by atoms with Gasteiger partial charge in [0, 0.05) is 36.8 Å². The lowest BCUT2D eigenvalue weighted by Crippen LogP contribution is -2.49. The van der Waals surface area contributed by atoms with E-state index in [1.54, 1.807) is 0 Å². The highest BCUT2D eigenvalue weighted by molar-refractivity contribution is 5.74. The lowest BCUT2D eigenvalue weighted by Gasteiger charge is -2.33. The summed E-state index contributed by atoms with van der Waals surface area (Å²) in [5.41, 5.74) is 0.984. The number of pyridine rings is 1. The van der Waals surface area contributed by atoms with E-state index in [1.807, 2.05) is 25.1 Å². The minimum absolute atomic E-state index is 0.0441. The zero-order valence-corrected chi connectivity index (χ0v) is 13.7. The van der Waals surface area contributed by atoms with Gasteiger partial charge in [0.2, 0.25) is 0 Å². The molecule has 2 heterocycles. The predicted molar refractivity (Wildman–Crippen MR) is 89.5 cm³/mol. The van der Waals surface area contributed by atoms with Gasteiger partial charge in [-0.25, -0.2) is 9.78 Å². The SMILES string of the molecule is Cc1cccc(N2CCC(NC(=O)NCC3(CO)CC3)CC2)n1. The molecule has 1 aromatic rings. The lowest BCUT2D eigenvalue weighted by molar-refractivity contribution is 0.201. The molecule has 23 heavy (non-hydrogen) atoms. The monoisotopic (exact) mass is 318 g/mol. The third-order valence-corrected chi connectivity index (χ3v) is 4.94. The zero-order valence-electron chi connectivity index (χ0n) is 13.7. The second-order valence-corrected chi connectivity index (χ2v) is 6.88. The fourth-order valence-corrected chi connectivity index (χ4v) is 3.03. The maximum atomic E-state index is 12.0. The number of amides is 2. The molecule has 1 saturated heterocycles. The summed E-state index contributed by atoms with van der Waals surface area (Å²) in [7, 11) is 0. The van der Waals surface area contributed by atoms with Crippen LogP contribution in [0.3, 0.4) is 0 Å². The van der Waals surface area contributed by atoms with Crippen molar-refractivity contribution < 1.29 is 9.90 Å². The topological polar surface area (TPSA) is 77.5 Å². The van der Waals surface area contributed by atoms with Crippen molar-refractivity contribution in [3.8, 4) is 0 Å². The maximum absolute atomic E-state index is 12.0. The molecule has 6 nitrogen and oxygen atoms in total. The molecule has 2 aliphatic rings. The smallest absolute Gasteiger partial charge is 0.315 e. The van der Waals surface area contributed by atoms with Gasteiger partial charge in [0.1, 0.15) is 5.82 Å². The van der Waals surface area contributed by atoms with Gasteiger partial charge in [-0.3, -0.25) is 0 Å². The van der Waals surface area contributed by atoms with E-state index in [2.05, 4.69) is 20.5 Å². The first-order valence-corrected chi connectivity index (χ1v) is 8.44. The van der Waals surface area contributed by atoms with Crippen molar-refractivity contribution in [1.82, 2.24) is 15.6 Å². The number of aliphatic hydroxyl groups is 1. The highest BCUT2D eigenvalue weighted by atomic mass is 16.3. The molecule has 2 amide bonds. The Balaban J connectivity index is 1.41. The number of piperidine rings is 1. The van der Waals surface area contributed by atoms with Gasteiger partial charge in [-0.15, -0.1) is 0 Å². The van der Waals surface area contributed by atoms with Crippen LogP contribution < -0.4 is 15.5 Å². The Bertz CT molecular complexity index is 551. The van der Waals surface area contributed by atoms with Crippen molar-refractivity contribution in [2.24, 2.45) is 5.41 Å². The summed E-state index contributed by atoms with van der Waals surface area (Å²) in [4.78, 5) is 18.8. The third-order valence-electron chi connectivity index (χ3n) is 4.94. The second-order valence-electron chi connectivity index (χ2n) is 6.88. The van der Waals surface area contributed by atoms with Crippen molar-refractivity contribution in [3.05, 3.63) is 23.9 Å². The summed E-state index contributed by atoms with van der Waals surface area (Å²) in [6.07, 6.45) is 3.86. The van der Waals surface area contributed by atoms with E-state index >= 15 is 0 Å². The summed E-state index contributed by atoms with van der Waals surface area (Å²) in [6.45, 7) is 4.54. The predicted octanol–water partition coefficient (Wildman–Crippen LogP) is 1.43. The summed E-state index contributed by atoms with van der Waals surface area (Å²) >= 11 is 0. The Morgan fingerprint density at radius 3 is 2.74 bits per heavy atom. The first-order chi connectivity index (χ1) is 11.1. The van der Waals surface area contributed by atoms with Gasteiger partial charge in [-0.2, -0.15) is 0 Å². The fourth-order valence-electron chi connectivity index (χ4n) is 3.03. The molecule has 1 saturated carbocycles. The van der Waals surface area contributed by atoms with E-state index in [9.17, 15) is 9.90 Å². The highest BCUT2D eigenvalue weighted by Gasteiger charge is 2.42. The Morgan fingerprint density at radius 1 is 1.39 bits per heavy atom. The number of aryl methyl sites for hydroxylation is 1. The number of aliphatic hydroxyl groups excluding tert-OH is 1. The summed E-state index contributed by atoms with van der Waals surface area (Å²) in [6, 6.07) is 6.17. The van der Waals surface area contributed by atoms with Gasteiger partial charge in [-0.1, -0.05) is 6.07 Å². The molecule has 0 radical (unpaired) electrons. The Morgan fingerprint density at radius 2 is 2.13 bits per heavy atom. The molecule has 0 atom stereocenters. The minimum Gasteiger partial charge on any atom is -0.396 e. The summed E-state index contributed by atoms with van der Waals surface area (Å²) < 4.78 is 0. The van der Waals surface area contributed by atoms with Gasteiger partial charge in [0.15, 0.2) is 0 Å². The van der Waals surface area contributed by atoms with Crippen LogP contribution in [0.25, 0.3) is 0 Å². The number of nitrogens with one attached hydrogen (secondary N) is 2. The van der Waals surface area contributed by atoms with Gasteiger partial charge in [-0.05, 0) is 44.7 Å². The Kier molecular flexibility index (Phi) is 4.71. The molecule has 126 valence electrons. The largest absolute Gasteiger partial charge is 0.396 e. The molecule has 2 fully saturated rings. The zero-order chi connectivity index (χ0) is 16.3. The molecular formula is C17H26N4O2. The van der Waals surface area contributed by atoms with Gasteiger partial charge < -0.3 is 20.6 Å². The van der Waals surface area contributed by atoms with Crippen LogP contribution in [-0.4, -0.2) is 48.4 Å². The second kappa shape index (κ2) is 6.74. The van der Waals surface area contributed by atoms with Crippen molar-refractivity contribution in [2.75, 3.05) is 31.1 Å². The summed E-state index contributed by atoms with van der Waals surface area (Å²) in [5, 5.41) is 15.2. The van der Waals surface area contributed by atoms with Gasteiger partial charge in [0.05, 0.1) is 6.61 Å². The number of hydrogen-bond acceptors (Lipinski definition) is 4. The van der Waals surface area contributed by atoms with Crippen molar-refractivity contribution in [2.45, 2.75) is 38.6 Å². The van der Waals surface area contributed by atoms with Crippen molar-refractivity contribution in [3.63, 3.8) is 0 Å². The molecular weight excluding hydrogens is 292 g/mol. The van der Waals surface area contributed by atoms with E-state index in [0.29, 0.717) is 6.54 Å². The molecule has 0 aromatic carbocycles. The molecule has 3 rings (SSSR count). The first kappa shape index (κ1) is 16.1. The van der Waals surface area contributed by atoms with Gasteiger partial charge in [0.25, 0.3) is 0 Å². The molecule has 3 N–H and O–H groups in total. The standard InChI is InChI=1S/C17H26N4O2/c1-13-3-2-4-15(19-13)21-9-5-14(6-10-21)20-16(23)18-11-17(12-22)7-8-17/h2-4,14,22H,5-12H2,1H3,(H2,18,20,23). The van der Waals surface area contributed by atoms with Crippen LogP contribution in [0.4, 0.5) is 10.6 Å². The first-order valence-electron chi connectivity index (χ1n) is 8.44. The number of anilines is 1. The van der Waals surface area contributed by atoms with Crippen LogP contribution in [0, 0.1) is 12.3 Å². The van der Waals surface area contributed by atoms with Crippen LogP contribution in [0.15, 0.2) is 18.2 Å². The van der Waals surface area contributed by atoms with Crippen LogP contribution in [0.1, 0.15) is 31.4 Å². The molecule has 1 aliphatic carbocycles. The van der Waals surface area contributed by atoms with Crippen LogP contribution in [0.2, 0.25) is 0 Å². The number of hydrogen-bond donors (Lipinski definition) is 3. The van der Waals surface area contributed by atoms with E-state index < -0.39 is 0 Å². The molecule has 0 bridgehead atoms. The van der Waals surface area contributed by atoms with Crippen LogP contribution in [0.5, 0.6) is 0 Å².